The van der Waals surface area contributed by atoms with Crippen molar-refractivity contribution in [2.24, 2.45) is 11.8 Å². The molecule has 4 nitrogen and oxygen atoms in total. The van der Waals surface area contributed by atoms with Crippen molar-refractivity contribution < 1.29 is 18.0 Å². The molecule has 1 aliphatic heterocycles. The van der Waals surface area contributed by atoms with Crippen LogP contribution in [0.1, 0.15) is 62.3 Å². The van der Waals surface area contributed by atoms with Gasteiger partial charge >= 0.3 is 6.18 Å². The van der Waals surface area contributed by atoms with Gasteiger partial charge in [0.1, 0.15) is 0 Å². The fourth-order valence-electron chi connectivity index (χ4n) is 5.10. The molecule has 2 unspecified atom stereocenters. The first-order valence-electron chi connectivity index (χ1n) is 10.9. The summed E-state index contributed by atoms with van der Waals surface area (Å²) >= 11 is 0. The average molecular weight is 409 g/mol. The second kappa shape index (κ2) is 8.25. The van der Waals surface area contributed by atoms with E-state index in [9.17, 15) is 18.0 Å². The van der Waals surface area contributed by atoms with Crippen LogP contribution in [-0.2, 0) is 23.8 Å². The molecule has 2 heterocycles. The summed E-state index contributed by atoms with van der Waals surface area (Å²) in [5.74, 6) is 0.674. The van der Waals surface area contributed by atoms with Crippen LogP contribution in [0.4, 0.5) is 13.2 Å². The normalized spacial score (nSPS) is 30.3. The average Bonchev–Trinajstić information content (AvgIpc) is 3.16. The molecule has 2 aliphatic carbocycles. The number of alkyl halides is 3. The first kappa shape index (κ1) is 20.6. The Kier molecular flexibility index (Phi) is 5.87. The molecular weight excluding hydrogens is 379 g/mol. The first-order chi connectivity index (χ1) is 13.8. The minimum absolute atomic E-state index is 0.0922. The highest BCUT2D eigenvalue weighted by Gasteiger charge is 2.36. The molecule has 160 valence electrons. The number of likely N-dealkylation sites (tertiary alicyclic amines) is 1. The maximum atomic E-state index is 13.0. The van der Waals surface area contributed by atoms with Gasteiger partial charge in [-0.05, 0) is 68.9 Å². The molecule has 0 bridgehead atoms. The predicted octanol–water partition coefficient (Wildman–Crippen LogP) is 3.97. The Morgan fingerprint density at radius 3 is 2.62 bits per heavy atom. The number of carbonyl (C=O) groups is 1. The molecule has 1 saturated carbocycles. The molecule has 1 N–H and O–H groups in total. The van der Waals surface area contributed by atoms with Gasteiger partial charge in [0.05, 0.1) is 5.56 Å². The number of nitrogens with zero attached hydrogens (tertiary/aromatic N) is 2. The molecule has 29 heavy (non-hydrogen) atoms. The number of aryl methyl sites for hydroxylation is 1. The van der Waals surface area contributed by atoms with Crippen LogP contribution in [0.15, 0.2) is 12.3 Å². The highest BCUT2D eigenvalue weighted by Crippen LogP contribution is 2.33. The first-order valence-corrected chi connectivity index (χ1v) is 10.9. The lowest BCUT2D eigenvalue weighted by molar-refractivity contribution is -0.137. The summed E-state index contributed by atoms with van der Waals surface area (Å²) in [5, 5.41) is 3.74. The molecule has 7 heteroatoms. The Morgan fingerprint density at radius 1 is 1.14 bits per heavy atom. The highest BCUT2D eigenvalue weighted by molar-refractivity contribution is 5.80. The van der Waals surface area contributed by atoms with Crippen molar-refractivity contribution in [3.8, 4) is 0 Å². The lowest BCUT2D eigenvalue weighted by Gasteiger charge is -2.30. The highest BCUT2D eigenvalue weighted by atomic mass is 19.4. The molecular formula is C22H30F3N3O. The number of nitrogens with one attached hydrogen (secondary N) is 1. The number of halogens is 3. The SMILES string of the molecule is CC1CCC(NC2CCN(C(=O)C3CCc4ncc(C(F)(F)F)cc4C3)C2)CC1. The van der Waals surface area contributed by atoms with Crippen LogP contribution in [0.3, 0.4) is 0 Å². The van der Waals surface area contributed by atoms with Gasteiger partial charge in [-0.1, -0.05) is 6.92 Å². The Bertz CT molecular complexity index is 743. The number of aromatic nitrogens is 1. The van der Waals surface area contributed by atoms with Gasteiger partial charge in [0, 0.05) is 43.0 Å². The minimum Gasteiger partial charge on any atom is -0.341 e. The molecule has 1 aromatic rings. The smallest absolute Gasteiger partial charge is 0.341 e. The molecule has 3 aliphatic rings. The summed E-state index contributed by atoms with van der Waals surface area (Å²) in [5.41, 5.74) is 0.556. The van der Waals surface area contributed by atoms with Crippen LogP contribution >= 0.6 is 0 Å². The summed E-state index contributed by atoms with van der Waals surface area (Å²) < 4.78 is 39.0. The third kappa shape index (κ3) is 4.76. The van der Waals surface area contributed by atoms with E-state index in [0.717, 1.165) is 31.6 Å². The van der Waals surface area contributed by atoms with Crippen LogP contribution in [0.25, 0.3) is 0 Å². The summed E-state index contributed by atoms with van der Waals surface area (Å²) in [4.78, 5) is 18.9. The van der Waals surface area contributed by atoms with Gasteiger partial charge in [-0.3, -0.25) is 9.78 Å². The number of hydrogen-bond donors (Lipinski definition) is 1. The number of rotatable bonds is 3. The minimum atomic E-state index is -4.40. The van der Waals surface area contributed by atoms with E-state index in [-0.39, 0.29) is 11.8 Å². The van der Waals surface area contributed by atoms with E-state index in [1.807, 2.05) is 4.90 Å². The molecule has 1 amide bonds. The van der Waals surface area contributed by atoms with E-state index in [1.165, 1.54) is 31.7 Å². The zero-order valence-corrected chi connectivity index (χ0v) is 17.0. The summed E-state index contributed by atoms with van der Waals surface area (Å²) in [7, 11) is 0. The molecule has 2 fully saturated rings. The van der Waals surface area contributed by atoms with E-state index in [4.69, 9.17) is 0 Å². The van der Waals surface area contributed by atoms with Crippen molar-refractivity contribution in [2.75, 3.05) is 13.1 Å². The quantitative estimate of drug-likeness (QED) is 0.822. The lowest BCUT2D eigenvalue weighted by Crippen LogP contribution is -2.43. The fraction of sp³-hybridized carbons (Fsp3) is 0.727. The molecule has 0 radical (unpaired) electrons. The van der Waals surface area contributed by atoms with Gasteiger partial charge < -0.3 is 10.2 Å². The molecule has 0 spiro atoms. The molecule has 2 atom stereocenters. The van der Waals surface area contributed by atoms with Crippen molar-refractivity contribution in [1.29, 1.82) is 0 Å². The maximum Gasteiger partial charge on any atom is 0.417 e. The number of amides is 1. The number of hydrogen-bond acceptors (Lipinski definition) is 3. The zero-order valence-electron chi connectivity index (χ0n) is 17.0. The topological polar surface area (TPSA) is 45.2 Å². The van der Waals surface area contributed by atoms with Gasteiger partial charge in [0.15, 0.2) is 0 Å². The van der Waals surface area contributed by atoms with E-state index in [2.05, 4.69) is 17.2 Å². The molecule has 1 saturated heterocycles. The Morgan fingerprint density at radius 2 is 1.90 bits per heavy atom. The van der Waals surface area contributed by atoms with E-state index in [1.54, 1.807) is 0 Å². The monoisotopic (exact) mass is 409 g/mol. The van der Waals surface area contributed by atoms with E-state index >= 15 is 0 Å². The Hall–Kier alpha value is -1.63. The van der Waals surface area contributed by atoms with Crippen LogP contribution in [0, 0.1) is 11.8 Å². The molecule has 4 rings (SSSR count). The Balaban J connectivity index is 1.34. The second-order valence-corrected chi connectivity index (χ2v) is 9.16. The third-order valence-electron chi connectivity index (χ3n) is 6.92. The van der Waals surface area contributed by atoms with Gasteiger partial charge in [-0.25, -0.2) is 0 Å². The van der Waals surface area contributed by atoms with Crippen LogP contribution in [0.5, 0.6) is 0 Å². The summed E-state index contributed by atoms with van der Waals surface area (Å²) in [6.07, 6.45) is 4.01. The predicted molar refractivity (Wildman–Crippen MR) is 104 cm³/mol. The number of carbonyl (C=O) groups excluding carboxylic acids is 1. The van der Waals surface area contributed by atoms with Crippen LogP contribution in [0.2, 0.25) is 0 Å². The van der Waals surface area contributed by atoms with Crippen molar-refractivity contribution in [3.63, 3.8) is 0 Å². The van der Waals surface area contributed by atoms with E-state index < -0.39 is 11.7 Å². The third-order valence-corrected chi connectivity index (χ3v) is 6.92. The lowest BCUT2D eigenvalue weighted by atomic mass is 9.85. The Labute approximate surface area is 170 Å². The van der Waals surface area contributed by atoms with Gasteiger partial charge in [-0.2, -0.15) is 13.2 Å². The maximum absolute atomic E-state index is 13.0. The second-order valence-electron chi connectivity index (χ2n) is 9.16. The van der Waals surface area contributed by atoms with Crippen molar-refractivity contribution >= 4 is 5.91 Å². The zero-order chi connectivity index (χ0) is 20.6. The molecule has 0 aromatic carbocycles. The van der Waals surface area contributed by atoms with Crippen molar-refractivity contribution in [3.05, 3.63) is 29.1 Å². The fourth-order valence-corrected chi connectivity index (χ4v) is 5.10. The van der Waals surface area contributed by atoms with Gasteiger partial charge in [-0.15, -0.1) is 0 Å². The summed E-state index contributed by atoms with van der Waals surface area (Å²) in [6.45, 7) is 3.76. The standard InChI is InChI=1S/C22H30F3N3O/c1-14-2-5-18(6-3-14)27-19-8-9-28(13-19)21(29)15-4-7-20-16(10-15)11-17(12-26-20)22(23,24)25/h11-12,14-15,18-19,27H,2-10,13H2,1H3. The van der Waals surface area contributed by atoms with Gasteiger partial charge in [0.25, 0.3) is 0 Å². The number of fused-ring (bicyclic) bond motifs is 1. The van der Waals surface area contributed by atoms with Crippen LogP contribution in [-0.4, -0.2) is 41.0 Å². The van der Waals surface area contributed by atoms with Crippen molar-refractivity contribution in [1.82, 2.24) is 15.2 Å². The summed E-state index contributed by atoms with van der Waals surface area (Å²) in [6, 6.07) is 2.08. The molecule has 1 aromatic heterocycles. The van der Waals surface area contributed by atoms with Crippen molar-refractivity contribution in [2.45, 2.75) is 76.6 Å². The van der Waals surface area contributed by atoms with Gasteiger partial charge in [0.2, 0.25) is 5.91 Å². The van der Waals surface area contributed by atoms with Crippen LogP contribution < -0.4 is 5.32 Å². The largest absolute Gasteiger partial charge is 0.417 e. The van der Waals surface area contributed by atoms with E-state index in [0.29, 0.717) is 42.6 Å². The number of pyridine rings is 1.